The summed E-state index contributed by atoms with van der Waals surface area (Å²) >= 11 is 5.89. The zero-order chi connectivity index (χ0) is 15.3. The van der Waals surface area contributed by atoms with Gasteiger partial charge in [0, 0.05) is 12.1 Å². The molecular weight excluding hydrogens is 278 g/mol. The predicted molar refractivity (Wildman–Crippen MR) is 79.0 cm³/mol. The largest absolute Gasteiger partial charge is 0.480 e. The van der Waals surface area contributed by atoms with Crippen molar-refractivity contribution in [3.8, 4) is 0 Å². The molecule has 0 aliphatic heterocycles. The van der Waals surface area contributed by atoms with Crippen LogP contribution in [0.2, 0.25) is 5.02 Å². The molecule has 0 spiro atoms. The van der Waals surface area contributed by atoms with Gasteiger partial charge in [0.05, 0.1) is 5.41 Å². The Morgan fingerprint density at radius 2 is 1.70 bits per heavy atom. The Bertz CT molecular complexity index is 480. The van der Waals surface area contributed by atoms with Crippen LogP contribution in [0.4, 0.5) is 0 Å². The Kier molecular flexibility index (Phi) is 5.57. The first-order valence-corrected chi connectivity index (χ1v) is 6.98. The monoisotopic (exact) mass is 297 g/mol. The molecule has 4 nitrogen and oxygen atoms in total. The second-order valence-electron chi connectivity index (χ2n) is 4.85. The van der Waals surface area contributed by atoms with Crippen LogP contribution in [0.1, 0.15) is 32.3 Å². The van der Waals surface area contributed by atoms with E-state index in [1.54, 1.807) is 12.1 Å². The number of carboxylic acid groups (broad SMARTS) is 1. The zero-order valence-electron chi connectivity index (χ0n) is 12.0. The molecule has 0 saturated carbocycles. The van der Waals surface area contributed by atoms with Gasteiger partial charge in [0.25, 0.3) is 0 Å². The van der Waals surface area contributed by atoms with E-state index in [0.29, 0.717) is 17.9 Å². The average Bonchev–Trinajstić information content (AvgIpc) is 2.41. The Morgan fingerprint density at radius 1 is 1.20 bits per heavy atom. The van der Waals surface area contributed by atoms with Gasteiger partial charge in [-0.25, -0.2) is 0 Å². The molecule has 0 unspecified atom stereocenters. The topological polar surface area (TPSA) is 57.6 Å². The van der Waals surface area contributed by atoms with E-state index in [2.05, 4.69) is 0 Å². The smallest absolute Gasteiger partial charge is 0.323 e. The van der Waals surface area contributed by atoms with Crippen LogP contribution in [0.25, 0.3) is 0 Å². The molecule has 110 valence electrons. The third kappa shape index (κ3) is 3.31. The minimum absolute atomic E-state index is 0.174. The molecule has 5 heteroatoms. The number of benzene rings is 1. The number of carbonyl (C=O) groups excluding carboxylic acids is 1. The summed E-state index contributed by atoms with van der Waals surface area (Å²) in [7, 11) is 1.52. The van der Waals surface area contributed by atoms with Gasteiger partial charge in [-0.2, -0.15) is 0 Å². The summed E-state index contributed by atoms with van der Waals surface area (Å²) in [5.74, 6) is -1.19. The van der Waals surface area contributed by atoms with Crippen LogP contribution in [0.3, 0.4) is 0 Å². The second kappa shape index (κ2) is 6.75. The Hall–Kier alpha value is -1.55. The fraction of sp³-hybridized carbons (Fsp3) is 0.467. The lowest BCUT2D eigenvalue weighted by molar-refractivity contribution is -0.146. The fourth-order valence-corrected chi connectivity index (χ4v) is 2.62. The normalized spacial score (nSPS) is 11.2. The molecule has 0 aliphatic rings. The lowest BCUT2D eigenvalue weighted by atomic mass is 9.74. The Labute approximate surface area is 124 Å². The number of likely N-dealkylation sites (N-methyl/N-ethyl adjacent to an activating group) is 1. The number of carbonyl (C=O) groups is 2. The van der Waals surface area contributed by atoms with E-state index in [-0.39, 0.29) is 12.5 Å². The number of carboxylic acids is 1. The lowest BCUT2D eigenvalue weighted by Gasteiger charge is -2.34. The average molecular weight is 298 g/mol. The van der Waals surface area contributed by atoms with Gasteiger partial charge in [-0.05, 0) is 30.5 Å². The van der Waals surface area contributed by atoms with Crippen LogP contribution in [0, 0.1) is 0 Å². The molecule has 1 amide bonds. The molecular formula is C15H20ClNO3. The van der Waals surface area contributed by atoms with Gasteiger partial charge in [-0.3, -0.25) is 9.59 Å². The van der Waals surface area contributed by atoms with Crippen molar-refractivity contribution in [2.24, 2.45) is 0 Å². The highest BCUT2D eigenvalue weighted by Crippen LogP contribution is 2.34. The van der Waals surface area contributed by atoms with Crippen LogP contribution in [0.5, 0.6) is 0 Å². The summed E-state index contributed by atoms with van der Waals surface area (Å²) in [5.41, 5.74) is 0.170. The molecule has 0 bridgehead atoms. The van der Waals surface area contributed by atoms with Gasteiger partial charge in [0.2, 0.25) is 5.91 Å². The van der Waals surface area contributed by atoms with Crippen molar-refractivity contribution in [3.05, 3.63) is 34.9 Å². The van der Waals surface area contributed by atoms with Crippen LogP contribution < -0.4 is 0 Å². The maximum absolute atomic E-state index is 12.7. The number of halogens is 1. The SMILES string of the molecule is CCC(CC)(C(=O)N(C)CC(=O)O)c1ccc(Cl)cc1. The van der Waals surface area contributed by atoms with Crippen LogP contribution in [0.15, 0.2) is 24.3 Å². The molecule has 0 saturated heterocycles. The molecule has 0 aromatic heterocycles. The third-order valence-corrected chi connectivity index (χ3v) is 3.98. The highest BCUT2D eigenvalue weighted by atomic mass is 35.5. The third-order valence-electron chi connectivity index (χ3n) is 3.73. The quantitative estimate of drug-likeness (QED) is 0.878. The number of nitrogens with zero attached hydrogens (tertiary/aromatic N) is 1. The number of aliphatic carboxylic acids is 1. The Balaban J connectivity index is 3.17. The summed E-state index contributed by atoms with van der Waals surface area (Å²) < 4.78 is 0. The molecule has 1 rings (SSSR count). The highest BCUT2D eigenvalue weighted by molar-refractivity contribution is 6.30. The van der Waals surface area contributed by atoms with Crippen molar-refractivity contribution in [3.63, 3.8) is 0 Å². The van der Waals surface area contributed by atoms with E-state index < -0.39 is 11.4 Å². The number of hydrogen-bond donors (Lipinski definition) is 1. The molecule has 1 aromatic carbocycles. The summed E-state index contributed by atoms with van der Waals surface area (Å²) in [6, 6.07) is 7.17. The van der Waals surface area contributed by atoms with Gasteiger partial charge in [0.1, 0.15) is 6.54 Å². The molecule has 0 atom stereocenters. The molecule has 1 aromatic rings. The van der Waals surface area contributed by atoms with E-state index in [1.165, 1.54) is 11.9 Å². The number of amides is 1. The highest BCUT2D eigenvalue weighted by Gasteiger charge is 2.39. The van der Waals surface area contributed by atoms with Crippen molar-refractivity contribution < 1.29 is 14.7 Å². The molecule has 20 heavy (non-hydrogen) atoms. The summed E-state index contributed by atoms with van der Waals surface area (Å²) in [5, 5.41) is 9.45. The van der Waals surface area contributed by atoms with Gasteiger partial charge >= 0.3 is 5.97 Å². The van der Waals surface area contributed by atoms with Gasteiger partial charge < -0.3 is 10.0 Å². The lowest BCUT2D eigenvalue weighted by Crippen LogP contribution is -2.46. The van der Waals surface area contributed by atoms with Crippen molar-refractivity contribution in [1.29, 1.82) is 0 Å². The van der Waals surface area contributed by atoms with Crippen molar-refractivity contribution >= 4 is 23.5 Å². The molecule has 0 fully saturated rings. The first kappa shape index (κ1) is 16.5. The standard InChI is InChI=1S/C15H20ClNO3/c1-4-15(5-2,11-6-8-12(16)9-7-11)14(20)17(3)10-13(18)19/h6-9H,4-5,10H2,1-3H3,(H,18,19). The number of hydrogen-bond acceptors (Lipinski definition) is 2. The number of rotatable bonds is 6. The molecule has 1 N–H and O–H groups in total. The second-order valence-corrected chi connectivity index (χ2v) is 5.29. The van der Waals surface area contributed by atoms with Crippen molar-refractivity contribution in [1.82, 2.24) is 4.90 Å². The van der Waals surface area contributed by atoms with E-state index >= 15 is 0 Å². The van der Waals surface area contributed by atoms with Gasteiger partial charge in [-0.1, -0.05) is 37.6 Å². The van der Waals surface area contributed by atoms with Crippen molar-refractivity contribution in [2.75, 3.05) is 13.6 Å². The predicted octanol–water partition coefficient (Wildman–Crippen LogP) is 2.94. The summed E-state index contributed by atoms with van der Waals surface area (Å²) in [6.45, 7) is 3.57. The van der Waals surface area contributed by atoms with E-state index in [0.717, 1.165) is 5.56 Å². The minimum Gasteiger partial charge on any atom is -0.480 e. The maximum Gasteiger partial charge on any atom is 0.323 e. The van der Waals surface area contributed by atoms with Gasteiger partial charge in [-0.15, -0.1) is 0 Å². The maximum atomic E-state index is 12.7. The first-order valence-electron chi connectivity index (χ1n) is 6.60. The summed E-state index contributed by atoms with van der Waals surface area (Å²) in [6.07, 6.45) is 1.21. The Morgan fingerprint density at radius 3 is 2.10 bits per heavy atom. The molecule has 0 aliphatic carbocycles. The molecule has 0 radical (unpaired) electrons. The fourth-order valence-electron chi connectivity index (χ4n) is 2.49. The van der Waals surface area contributed by atoms with E-state index in [1.807, 2.05) is 26.0 Å². The van der Waals surface area contributed by atoms with E-state index in [4.69, 9.17) is 16.7 Å². The van der Waals surface area contributed by atoms with Crippen LogP contribution in [-0.4, -0.2) is 35.5 Å². The zero-order valence-corrected chi connectivity index (χ0v) is 12.8. The first-order chi connectivity index (χ1) is 9.37. The van der Waals surface area contributed by atoms with Crippen LogP contribution >= 0.6 is 11.6 Å². The summed E-state index contributed by atoms with van der Waals surface area (Å²) in [4.78, 5) is 24.7. The van der Waals surface area contributed by atoms with E-state index in [9.17, 15) is 9.59 Å². The molecule has 0 heterocycles. The minimum atomic E-state index is -1.02. The van der Waals surface area contributed by atoms with Crippen molar-refractivity contribution in [2.45, 2.75) is 32.1 Å². The van der Waals surface area contributed by atoms with Gasteiger partial charge in [0.15, 0.2) is 0 Å². The van der Waals surface area contributed by atoms with Crippen LogP contribution in [-0.2, 0) is 15.0 Å².